The number of ether oxygens (including phenoxy) is 1. The van der Waals surface area contributed by atoms with Gasteiger partial charge in [0.1, 0.15) is 11.9 Å². The van der Waals surface area contributed by atoms with Crippen LogP contribution >= 0.6 is 0 Å². The first-order chi connectivity index (χ1) is 19.0. The summed E-state index contributed by atoms with van der Waals surface area (Å²) in [6, 6.07) is 34.8. The van der Waals surface area contributed by atoms with Gasteiger partial charge in [-0.15, -0.1) is 0 Å². The summed E-state index contributed by atoms with van der Waals surface area (Å²) in [6.07, 6.45) is 4.62. The number of fused-ring (bicyclic) bond motifs is 2. The smallest absolute Gasteiger partial charge is 0.414 e. The standard InChI is InChI=1S/C30H30N2O.C2H2O4/c1-3-10-23(11-4-1)22-31-20-17-25(18-21-31)30-27-15-9-19-32(27)29(24-12-5-2-6-13-24)26-14-7-8-16-28(26)33-30;3-1(4)2(5)6/h1-16,19,25,29-30H,17-18,20-22H2;(H,3,4)(H,5,6). The van der Waals surface area contributed by atoms with Crippen LogP contribution in [0.1, 0.15) is 47.4 Å². The molecule has 0 radical (unpaired) electrons. The molecule has 4 aromatic rings. The molecule has 0 spiro atoms. The fourth-order valence-electron chi connectivity index (χ4n) is 5.61. The summed E-state index contributed by atoms with van der Waals surface area (Å²) in [5.74, 6) is -2.12. The third kappa shape index (κ3) is 6.04. The number of piperidine rings is 1. The Balaban J connectivity index is 0.000000465. The number of nitrogens with zero attached hydrogens (tertiary/aromatic N) is 2. The van der Waals surface area contributed by atoms with Crippen LogP contribution in [0.15, 0.2) is 103 Å². The van der Waals surface area contributed by atoms with E-state index in [1.54, 1.807) is 0 Å². The molecule has 39 heavy (non-hydrogen) atoms. The van der Waals surface area contributed by atoms with Crippen LogP contribution in [0.25, 0.3) is 0 Å². The maximum Gasteiger partial charge on any atom is 0.414 e. The van der Waals surface area contributed by atoms with Gasteiger partial charge in [-0.2, -0.15) is 0 Å². The molecule has 2 N–H and O–H groups in total. The quantitative estimate of drug-likeness (QED) is 0.337. The number of likely N-dealkylation sites (tertiary alicyclic amines) is 1. The van der Waals surface area contributed by atoms with Crippen LogP contribution in [0.4, 0.5) is 0 Å². The van der Waals surface area contributed by atoms with Gasteiger partial charge in [-0.1, -0.05) is 78.9 Å². The fourth-order valence-corrected chi connectivity index (χ4v) is 5.61. The molecule has 3 heterocycles. The predicted molar refractivity (Wildman–Crippen MR) is 148 cm³/mol. The number of carboxylic acids is 2. The van der Waals surface area contributed by atoms with Gasteiger partial charge in [-0.3, -0.25) is 4.90 Å². The molecule has 2 unspecified atom stereocenters. The Labute approximate surface area is 227 Å². The highest BCUT2D eigenvalue weighted by Gasteiger charge is 2.36. The zero-order valence-corrected chi connectivity index (χ0v) is 21.6. The van der Waals surface area contributed by atoms with Crippen molar-refractivity contribution in [2.24, 2.45) is 5.92 Å². The van der Waals surface area contributed by atoms with Gasteiger partial charge in [0.05, 0.1) is 11.7 Å². The van der Waals surface area contributed by atoms with Gasteiger partial charge in [0.2, 0.25) is 0 Å². The van der Waals surface area contributed by atoms with E-state index in [9.17, 15) is 0 Å². The molecule has 200 valence electrons. The first-order valence-corrected chi connectivity index (χ1v) is 13.2. The number of rotatable bonds is 4. The molecule has 7 heteroatoms. The Morgan fingerprint density at radius 1 is 0.769 bits per heavy atom. The summed E-state index contributed by atoms with van der Waals surface area (Å²) < 4.78 is 9.29. The highest BCUT2D eigenvalue weighted by Crippen LogP contribution is 2.44. The molecule has 2 aliphatic heterocycles. The highest BCUT2D eigenvalue weighted by atomic mass is 16.5. The van der Waals surface area contributed by atoms with Crippen molar-refractivity contribution >= 4 is 11.9 Å². The lowest BCUT2D eigenvalue weighted by Crippen LogP contribution is -2.36. The monoisotopic (exact) mass is 524 g/mol. The van der Waals surface area contributed by atoms with Crippen molar-refractivity contribution in [2.45, 2.75) is 31.5 Å². The minimum absolute atomic E-state index is 0.0775. The molecule has 1 saturated heterocycles. The number of carbonyl (C=O) groups is 2. The molecule has 2 aliphatic rings. The van der Waals surface area contributed by atoms with Gasteiger partial charge >= 0.3 is 11.9 Å². The first-order valence-electron chi connectivity index (χ1n) is 13.2. The summed E-state index contributed by atoms with van der Waals surface area (Å²) in [7, 11) is 0. The zero-order valence-electron chi connectivity index (χ0n) is 21.6. The molecule has 2 atom stereocenters. The number of para-hydroxylation sites is 1. The van der Waals surface area contributed by atoms with E-state index in [0.717, 1.165) is 38.2 Å². The zero-order chi connectivity index (χ0) is 27.2. The van der Waals surface area contributed by atoms with Crippen molar-refractivity contribution in [1.82, 2.24) is 9.47 Å². The van der Waals surface area contributed by atoms with Crippen LogP contribution in [0, 0.1) is 5.92 Å². The number of aromatic nitrogens is 1. The topological polar surface area (TPSA) is 92.0 Å². The Kier molecular flexibility index (Phi) is 8.08. The number of hydrogen-bond acceptors (Lipinski definition) is 4. The van der Waals surface area contributed by atoms with E-state index in [1.807, 2.05) is 0 Å². The van der Waals surface area contributed by atoms with Gasteiger partial charge in [-0.25, -0.2) is 9.59 Å². The first kappa shape index (κ1) is 26.3. The number of benzene rings is 3. The van der Waals surface area contributed by atoms with Crippen LogP contribution in [-0.2, 0) is 16.1 Å². The van der Waals surface area contributed by atoms with E-state index in [0.29, 0.717) is 5.92 Å². The number of aliphatic carboxylic acids is 2. The van der Waals surface area contributed by atoms with Crippen LogP contribution in [-0.4, -0.2) is 44.7 Å². The Bertz CT molecular complexity index is 1380. The Hall–Kier alpha value is -4.36. The normalized spacial score (nSPS) is 18.9. The number of hydrogen-bond donors (Lipinski definition) is 2. The van der Waals surface area contributed by atoms with Crippen LogP contribution in [0.2, 0.25) is 0 Å². The molecule has 0 bridgehead atoms. The summed E-state index contributed by atoms with van der Waals surface area (Å²) in [5.41, 5.74) is 5.23. The molecule has 7 nitrogen and oxygen atoms in total. The van der Waals surface area contributed by atoms with Gasteiger partial charge in [-0.05, 0) is 55.3 Å². The second-order valence-electron chi connectivity index (χ2n) is 9.94. The molecule has 1 fully saturated rings. The Morgan fingerprint density at radius 3 is 2.05 bits per heavy atom. The van der Waals surface area contributed by atoms with Crippen LogP contribution in [0.5, 0.6) is 5.75 Å². The molecular formula is C32H32N2O5. The lowest BCUT2D eigenvalue weighted by Gasteiger charge is -2.36. The lowest BCUT2D eigenvalue weighted by atomic mass is 9.89. The minimum atomic E-state index is -1.82. The molecular weight excluding hydrogens is 492 g/mol. The van der Waals surface area contributed by atoms with E-state index in [-0.39, 0.29) is 12.1 Å². The summed E-state index contributed by atoms with van der Waals surface area (Å²) in [4.78, 5) is 20.8. The predicted octanol–water partition coefficient (Wildman–Crippen LogP) is 5.63. The minimum Gasteiger partial charge on any atom is -0.484 e. The number of carboxylic acid groups (broad SMARTS) is 2. The van der Waals surface area contributed by atoms with Crippen LogP contribution in [0.3, 0.4) is 0 Å². The van der Waals surface area contributed by atoms with Crippen molar-refractivity contribution in [2.75, 3.05) is 13.1 Å². The van der Waals surface area contributed by atoms with E-state index in [4.69, 9.17) is 24.5 Å². The molecule has 1 aromatic heterocycles. The van der Waals surface area contributed by atoms with E-state index < -0.39 is 11.9 Å². The summed E-state index contributed by atoms with van der Waals surface area (Å²) in [6.45, 7) is 3.27. The van der Waals surface area contributed by atoms with E-state index in [1.165, 1.54) is 22.4 Å². The van der Waals surface area contributed by atoms with E-state index in [2.05, 4.69) is 113 Å². The Morgan fingerprint density at radius 2 is 1.38 bits per heavy atom. The van der Waals surface area contributed by atoms with Crippen molar-refractivity contribution in [1.29, 1.82) is 0 Å². The maximum atomic E-state index is 9.10. The SMILES string of the molecule is O=C(O)C(=O)O.c1ccc(CN2CCC(C3Oc4ccccc4C(c4ccccc4)n4cccc43)CC2)cc1. The van der Waals surface area contributed by atoms with Gasteiger partial charge < -0.3 is 19.5 Å². The molecule has 0 amide bonds. The fraction of sp³-hybridized carbons (Fsp3) is 0.250. The second-order valence-corrected chi connectivity index (χ2v) is 9.94. The molecule has 6 rings (SSSR count). The van der Waals surface area contributed by atoms with Crippen molar-refractivity contribution < 1.29 is 24.5 Å². The van der Waals surface area contributed by atoms with Crippen LogP contribution < -0.4 is 4.74 Å². The summed E-state index contributed by atoms with van der Waals surface area (Å²) in [5, 5.41) is 14.8. The van der Waals surface area contributed by atoms with Gasteiger partial charge in [0, 0.05) is 24.2 Å². The maximum absolute atomic E-state index is 9.10. The van der Waals surface area contributed by atoms with E-state index >= 15 is 0 Å². The largest absolute Gasteiger partial charge is 0.484 e. The molecule has 0 saturated carbocycles. The average Bonchev–Trinajstić information content (AvgIpc) is 3.38. The second kappa shape index (κ2) is 12.0. The van der Waals surface area contributed by atoms with Crippen molar-refractivity contribution in [3.8, 4) is 5.75 Å². The summed E-state index contributed by atoms with van der Waals surface area (Å²) >= 11 is 0. The van der Waals surface area contributed by atoms with Crippen molar-refractivity contribution in [3.63, 3.8) is 0 Å². The van der Waals surface area contributed by atoms with Crippen molar-refractivity contribution in [3.05, 3.63) is 126 Å². The third-order valence-corrected chi connectivity index (χ3v) is 7.46. The molecule has 0 aliphatic carbocycles. The highest BCUT2D eigenvalue weighted by molar-refractivity contribution is 6.27. The average molecular weight is 525 g/mol. The third-order valence-electron chi connectivity index (χ3n) is 7.46. The van der Waals surface area contributed by atoms with Gasteiger partial charge in [0.25, 0.3) is 0 Å². The molecule has 3 aromatic carbocycles. The van der Waals surface area contributed by atoms with Gasteiger partial charge in [0.15, 0.2) is 0 Å². The lowest BCUT2D eigenvalue weighted by molar-refractivity contribution is -0.159.